The molecule has 1 heterocycles. The normalized spacial score (nSPS) is 37.6. The summed E-state index contributed by atoms with van der Waals surface area (Å²) >= 11 is 0. The van der Waals surface area contributed by atoms with Crippen molar-refractivity contribution >= 4 is 6.29 Å². The van der Waals surface area contributed by atoms with E-state index in [2.05, 4.69) is 11.8 Å². The van der Waals surface area contributed by atoms with E-state index < -0.39 is 0 Å². The van der Waals surface area contributed by atoms with E-state index in [0.29, 0.717) is 18.1 Å². The molecule has 1 saturated heterocycles. The fourth-order valence-electron chi connectivity index (χ4n) is 7.72. The Morgan fingerprint density at radius 3 is 2.32 bits per heavy atom. The Morgan fingerprint density at radius 2 is 1.58 bits per heavy atom. The zero-order valence-corrected chi connectivity index (χ0v) is 20.3. The fraction of sp³-hybridized carbons (Fsp3) is 0.964. The van der Waals surface area contributed by atoms with Crippen molar-refractivity contribution in [1.82, 2.24) is 4.90 Å². The molecule has 0 amide bonds. The van der Waals surface area contributed by atoms with E-state index >= 15 is 0 Å². The number of hydrogen-bond donors (Lipinski definition) is 0. The molecule has 4 fully saturated rings. The number of aldehydes is 1. The van der Waals surface area contributed by atoms with Gasteiger partial charge in [0.15, 0.2) is 0 Å². The van der Waals surface area contributed by atoms with Crippen LogP contribution in [0.4, 0.5) is 0 Å². The van der Waals surface area contributed by atoms with Gasteiger partial charge in [-0.3, -0.25) is 4.90 Å². The summed E-state index contributed by atoms with van der Waals surface area (Å²) in [4.78, 5) is 14.2. The lowest BCUT2D eigenvalue weighted by Crippen LogP contribution is -2.40. The molecule has 3 heteroatoms. The highest BCUT2D eigenvalue weighted by Crippen LogP contribution is 2.48. The number of carbonyl (C=O) groups is 1. The molecule has 178 valence electrons. The van der Waals surface area contributed by atoms with Crippen molar-refractivity contribution < 1.29 is 9.53 Å². The third-order valence-corrected chi connectivity index (χ3v) is 9.47. The van der Waals surface area contributed by atoms with Crippen LogP contribution in [-0.4, -0.2) is 42.5 Å². The first-order chi connectivity index (χ1) is 15.3. The van der Waals surface area contributed by atoms with Gasteiger partial charge in [0.1, 0.15) is 6.29 Å². The fourth-order valence-corrected chi connectivity index (χ4v) is 7.72. The van der Waals surface area contributed by atoms with Crippen molar-refractivity contribution in [2.75, 3.05) is 13.1 Å². The summed E-state index contributed by atoms with van der Waals surface area (Å²) < 4.78 is 6.51. The van der Waals surface area contributed by atoms with Crippen LogP contribution in [0.1, 0.15) is 116 Å². The third kappa shape index (κ3) is 6.34. The molecule has 1 aliphatic heterocycles. The molecular formula is C28H49NO2. The van der Waals surface area contributed by atoms with Gasteiger partial charge in [-0.1, -0.05) is 45.4 Å². The maximum atomic E-state index is 11.4. The highest BCUT2D eigenvalue weighted by Gasteiger charge is 2.45. The lowest BCUT2D eigenvalue weighted by atomic mass is 9.66. The molecule has 3 aliphatic carbocycles. The van der Waals surface area contributed by atoms with E-state index in [1.165, 1.54) is 122 Å². The molecule has 4 atom stereocenters. The summed E-state index contributed by atoms with van der Waals surface area (Å²) in [5, 5.41) is 0. The Hall–Kier alpha value is -0.410. The van der Waals surface area contributed by atoms with Gasteiger partial charge < -0.3 is 9.53 Å². The number of unbranched alkanes of at least 4 members (excludes halogenated alkanes) is 3. The predicted octanol–water partition coefficient (Wildman–Crippen LogP) is 6.78. The van der Waals surface area contributed by atoms with Crippen molar-refractivity contribution in [3.8, 4) is 0 Å². The van der Waals surface area contributed by atoms with Crippen LogP contribution in [-0.2, 0) is 9.53 Å². The number of likely N-dealkylation sites (tertiary alicyclic amines) is 1. The van der Waals surface area contributed by atoms with Gasteiger partial charge in [-0.2, -0.15) is 0 Å². The van der Waals surface area contributed by atoms with E-state index in [0.717, 1.165) is 30.2 Å². The second kappa shape index (κ2) is 12.2. The van der Waals surface area contributed by atoms with Crippen molar-refractivity contribution in [3.05, 3.63) is 0 Å². The topological polar surface area (TPSA) is 29.5 Å². The second-order valence-electron chi connectivity index (χ2n) is 11.5. The summed E-state index contributed by atoms with van der Waals surface area (Å²) in [6, 6.07) is 0.772. The summed E-state index contributed by atoms with van der Waals surface area (Å²) in [7, 11) is 0. The maximum Gasteiger partial charge on any atom is 0.120 e. The molecule has 4 unspecified atom stereocenters. The monoisotopic (exact) mass is 431 g/mol. The van der Waals surface area contributed by atoms with E-state index in [4.69, 9.17) is 4.74 Å². The van der Waals surface area contributed by atoms with E-state index in [9.17, 15) is 4.79 Å². The van der Waals surface area contributed by atoms with Crippen LogP contribution in [0.5, 0.6) is 0 Å². The van der Waals surface area contributed by atoms with Crippen LogP contribution in [0.15, 0.2) is 0 Å². The van der Waals surface area contributed by atoms with Crippen molar-refractivity contribution in [2.24, 2.45) is 23.7 Å². The molecule has 0 aromatic carbocycles. The Morgan fingerprint density at radius 1 is 0.839 bits per heavy atom. The molecule has 0 aromatic heterocycles. The van der Waals surface area contributed by atoms with Crippen LogP contribution in [0.3, 0.4) is 0 Å². The van der Waals surface area contributed by atoms with Crippen molar-refractivity contribution in [1.29, 1.82) is 0 Å². The minimum atomic E-state index is 0.545. The molecule has 3 saturated carbocycles. The van der Waals surface area contributed by atoms with Gasteiger partial charge in [0.05, 0.1) is 12.2 Å². The average Bonchev–Trinajstić information content (AvgIpc) is 3.15. The molecule has 0 aromatic rings. The molecule has 4 aliphatic rings. The van der Waals surface area contributed by atoms with Gasteiger partial charge >= 0.3 is 0 Å². The molecule has 0 spiro atoms. The van der Waals surface area contributed by atoms with Gasteiger partial charge in [-0.25, -0.2) is 0 Å². The van der Waals surface area contributed by atoms with Crippen LogP contribution in [0.25, 0.3) is 0 Å². The standard InChI is InChI=1S/C28H49NO2/c1-2-3-4-8-18-29-21-24(17-19-30)27-20-23(13-16-28(27)29)22-11-14-26(15-12-22)31-25-9-6-5-7-10-25/h19,22-28H,2-18,20-21H2,1H3. The zero-order valence-electron chi connectivity index (χ0n) is 20.3. The predicted molar refractivity (Wildman–Crippen MR) is 128 cm³/mol. The van der Waals surface area contributed by atoms with Crippen LogP contribution < -0.4 is 0 Å². The number of hydrogen-bond acceptors (Lipinski definition) is 3. The molecule has 0 N–H and O–H groups in total. The number of rotatable bonds is 10. The SMILES string of the molecule is CCCCCCN1CC(CC=O)C2CC(C3CCC(OC4CCCCC4)CC3)CCC21. The highest BCUT2D eigenvalue weighted by atomic mass is 16.5. The highest BCUT2D eigenvalue weighted by molar-refractivity contribution is 5.50. The number of nitrogens with zero attached hydrogens (tertiary/aromatic N) is 1. The average molecular weight is 432 g/mol. The lowest BCUT2D eigenvalue weighted by Gasteiger charge is -2.42. The van der Waals surface area contributed by atoms with E-state index in [-0.39, 0.29) is 0 Å². The van der Waals surface area contributed by atoms with Gasteiger partial charge in [0.2, 0.25) is 0 Å². The first-order valence-electron chi connectivity index (χ1n) is 14.1. The maximum absolute atomic E-state index is 11.4. The van der Waals surface area contributed by atoms with E-state index in [1.54, 1.807) is 0 Å². The molecule has 0 bridgehead atoms. The molecule has 3 nitrogen and oxygen atoms in total. The van der Waals surface area contributed by atoms with Crippen molar-refractivity contribution in [3.63, 3.8) is 0 Å². The quantitative estimate of drug-likeness (QED) is 0.282. The summed E-state index contributed by atoms with van der Waals surface area (Å²) in [5.41, 5.74) is 0. The third-order valence-electron chi connectivity index (χ3n) is 9.47. The minimum Gasteiger partial charge on any atom is -0.375 e. The summed E-state index contributed by atoms with van der Waals surface area (Å²) in [5.74, 6) is 3.24. The Bertz CT molecular complexity index is 523. The van der Waals surface area contributed by atoms with Gasteiger partial charge in [-0.05, 0) is 94.4 Å². The molecule has 31 heavy (non-hydrogen) atoms. The second-order valence-corrected chi connectivity index (χ2v) is 11.5. The minimum absolute atomic E-state index is 0.545. The summed E-state index contributed by atoms with van der Waals surface area (Å²) in [6.45, 7) is 4.75. The molecule has 4 rings (SSSR count). The van der Waals surface area contributed by atoms with Crippen LogP contribution in [0, 0.1) is 23.7 Å². The van der Waals surface area contributed by atoms with Crippen molar-refractivity contribution in [2.45, 2.75) is 134 Å². The number of ether oxygens (including phenoxy) is 1. The number of carbonyl (C=O) groups excluding carboxylic acids is 1. The van der Waals surface area contributed by atoms with E-state index in [1.807, 2.05) is 0 Å². The van der Waals surface area contributed by atoms with Gasteiger partial charge in [0.25, 0.3) is 0 Å². The van der Waals surface area contributed by atoms with Gasteiger partial charge in [0, 0.05) is 19.0 Å². The molecule has 0 radical (unpaired) electrons. The van der Waals surface area contributed by atoms with Crippen LogP contribution in [0.2, 0.25) is 0 Å². The van der Waals surface area contributed by atoms with Gasteiger partial charge in [-0.15, -0.1) is 0 Å². The summed E-state index contributed by atoms with van der Waals surface area (Å²) in [6.07, 6.45) is 24.9. The lowest BCUT2D eigenvalue weighted by molar-refractivity contribution is -0.108. The van der Waals surface area contributed by atoms with Crippen LogP contribution >= 0.6 is 0 Å². The Kier molecular flexibility index (Phi) is 9.32. The first kappa shape index (κ1) is 23.7. The Balaban J connectivity index is 1.25. The smallest absolute Gasteiger partial charge is 0.120 e. The Labute approximate surface area is 192 Å². The molecular weight excluding hydrogens is 382 g/mol. The largest absolute Gasteiger partial charge is 0.375 e. The zero-order chi connectivity index (χ0) is 21.5. The first-order valence-corrected chi connectivity index (χ1v) is 14.1. The number of fused-ring (bicyclic) bond motifs is 1.